The third kappa shape index (κ3) is 3.91. The number of ketones is 1. The Kier molecular flexibility index (Phi) is 6.09. The van der Waals surface area contributed by atoms with Gasteiger partial charge < -0.3 is 14.2 Å². The Morgan fingerprint density at radius 2 is 1.97 bits per heavy atom. The van der Waals surface area contributed by atoms with Crippen molar-refractivity contribution < 1.29 is 28.6 Å². The van der Waals surface area contributed by atoms with Gasteiger partial charge in [0, 0.05) is 25.0 Å². The SMILES string of the molecule is COC(C)(C)[C@@H]1CC[C@@]2(C)C[C@@H]1C(=O)[C@]1(C=C(C)OC1=O)[C@@H]2/C=C\OC(=O)C=C(C)C. The molecule has 2 aliphatic carbocycles. The molecule has 0 aromatic heterocycles. The van der Waals surface area contributed by atoms with Gasteiger partial charge in [0.2, 0.25) is 0 Å². The van der Waals surface area contributed by atoms with Crippen LogP contribution in [-0.4, -0.2) is 30.4 Å². The Morgan fingerprint density at radius 1 is 1.29 bits per heavy atom. The van der Waals surface area contributed by atoms with Crippen LogP contribution in [0.3, 0.4) is 0 Å². The van der Waals surface area contributed by atoms with Crippen LogP contribution in [0.4, 0.5) is 0 Å². The fraction of sp³-hybridized carbons (Fsp3) is 0.640. The number of carbonyl (C=O) groups is 3. The number of esters is 2. The molecule has 2 saturated carbocycles. The largest absolute Gasteiger partial charge is 0.432 e. The van der Waals surface area contributed by atoms with Crippen molar-refractivity contribution in [2.45, 2.75) is 66.4 Å². The standard InChI is InChI=1S/C25H34O6/c1-15(2)12-20(26)30-11-9-19-24(6)10-8-18(23(4,5)29-7)17(14-24)21(27)25(19)13-16(3)31-22(25)28/h9,11-13,17-19H,8,10,14H2,1-7H3/b11-9-/t17-,18+,19+,24-,25-/m0/s1. The van der Waals surface area contributed by atoms with Gasteiger partial charge in [0.25, 0.3) is 0 Å². The van der Waals surface area contributed by atoms with E-state index in [1.54, 1.807) is 26.2 Å². The van der Waals surface area contributed by atoms with Crippen LogP contribution in [0.5, 0.6) is 0 Å². The lowest BCUT2D eigenvalue weighted by Crippen LogP contribution is -2.61. The lowest BCUT2D eigenvalue weighted by molar-refractivity contribution is -0.174. The Morgan fingerprint density at radius 3 is 2.52 bits per heavy atom. The van der Waals surface area contributed by atoms with Crippen LogP contribution in [0, 0.1) is 28.6 Å². The van der Waals surface area contributed by atoms with E-state index in [4.69, 9.17) is 14.2 Å². The van der Waals surface area contributed by atoms with Crippen LogP contribution in [0.2, 0.25) is 0 Å². The Labute approximate surface area is 184 Å². The first kappa shape index (κ1) is 23.5. The van der Waals surface area contributed by atoms with Gasteiger partial charge in [-0.05, 0) is 77.4 Å². The maximum Gasteiger partial charge on any atom is 0.335 e. The summed E-state index contributed by atoms with van der Waals surface area (Å²) >= 11 is 0. The zero-order chi connectivity index (χ0) is 23.2. The summed E-state index contributed by atoms with van der Waals surface area (Å²) < 4.78 is 16.4. The van der Waals surface area contributed by atoms with E-state index in [1.165, 1.54) is 12.3 Å². The summed E-state index contributed by atoms with van der Waals surface area (Å²) in [5.74, 6) is -1.45. The predicted molar refractivity (Wildman–Crippen MR) is 115 cm³/mol. The minimum absolute atomic E-state index is 0.0116. The molecule has 3 rings (SSSR count). The van der Waals surface area contributed by atoms with Gasteiger partial charge in [0.15, 0.2) is 11.2 Å². The molecule has 1 spiro atoms. The molecular formula is C25H34O6. The molecule has 6 nitrogen and oxygen atoms in total. The summed E-state index contributed by atoms with van der Waals surface area (Å²) in [5.41, 5.74) is -1.37. The molecule has 3 aliphatic rings. The quantitative estimate of drug-likeness (QED) is 0.276. The molecule has 31 heavy (non-hydrogen) atoms. The van der Waals surface area contributed by atoms with E-state index in [2.05, 4.69) is 6.92 Å². The van der Waals surface area contributed by atoms with Crippen LogP contribution in [-0.2, 0) is 28.6 Å². The molecule has 0 saturated heterocycles. The lowest BCUT2D eigenvalue weighted by Gasteiger charge is -2.57. The van der Waals surface area contributed by atoms with Gasteiger partial charge in [0.05, 0.1) is 11.9 Å². The number of allylic oxidation sites excluding steroid dienone is 3. The molecule has 6 heteroatoms. The van der Waals surface area contributed by atoms with Crippen LogP contribution >= 0.6 is 0 Å². The van der Waals surface area contributed by atoms with E-state index < -0.39 is 28.9 Å². The van der Waals surface area contributed by atoms with Crippen LogP contribution in [0.25, 0.3) is 0 Å². The molecule has 0 N–H and O–H groups in total. The third-order valence-corrected chi connectivity index (χ3v) is 7.49. The molecule has 1 aliphatic heterocycles. The molecular weight excluding hydrogens is 396 g/mol. The maximum atomic E-state index is 13.9. The average molecular weight is 431 g/mol. The van der Waals surface area contributed by atoms with E-state index in [0.29, 0.717) is 12.2 Å². The van der Waals surface area contributed by atoms with Gasteiger partial charge in [0.1, 0.15) is 5.76 Å². The topological polar surface area (TPSA) is 78.9 Å². The number of rotatable bonds is 5. The van der Waals surface area contributed by atoms with E-state index in [1.807, 2.05) is 27.7 Å². The number of cyclic esters (lactones) is 1. The number of Topliss-reactive ketones (excluding diaryl/α,β-unsaturated/α-hetero) is 1. The molecule has 1 heterocycles. The van der Waals surface area contributed by atoms with Crippen molar-refractivity contribution in [1.82, 2.24) is 0 Å². The highest BCUT2D eigenvalue weighted by Crippen LogP contribution is 2.63. The smallest absolute Gasteiger partial charge is 0.335 e. The fourth-order valence-corrected chi connectivity index (χ4v) is 5.85. The van der Waals surface area contributed by atoms with Gasteiger partial charge in [-0.15, -0.1) is 0 Å². The second-order valence-corrected chi connectivity index (χ2v) is 10.3. The summed E-state index contributed by atoms with van der Waals surface area (Å²) in [6.45, 7) is 11.4. The Hall–Kier alpha value is -2.21. The van der Waals surface area contributed by atoms with Gasteiger partial charge in [-0.2, -0.15) is 0 Å². The van der Waals surface area contributed by atoms with Crippen molar-refractivity contribution in [2.75, 3.05) is 7.11 Å². The van der Waals surface area contributed by atoms with Gasteiger partial charge in [-0.3, -0.25) is 9.59 Å². The highest BCUT2D eigenvalue weighted by Gasteiger charge is 2.67. The molecule has 0 aromatic carbocycles. The first-order chi connectivity index (χ1) is 14.4. The molecule has 2 bridgehead atoms. The van der Waals surface area contributed by atoms with Gasteiger partial charge in [-0.1, -0.05) is 12.5 Å². The number of ether oxygens (including phenoxy) is 3. The van der Waals surface area contributed by atoms with Gasteiger partial charge in [-0.25, -0.2) is 4.79 Å². The Bertz CT molecular complexity index is 874. The first-order valence-corrected chi connectivity index (χ1v) is 10.9. The zero-order valence-corrected chi connectivity index (χ0v) is 19.6. The van der Waals surface area contributed by atoms with Crippen molar-refractivity contribution in [3.8, 4) is 0 Å². The predicted octanol–water partition coefficient (Wildman–Crippen LogP) is 4.50. The lowest BCUT2D eigenvalue weighted by atomic mass is 9.45. The van der Waals surface area contributed by atoms with Crippen LogP contribution < -0.4 is 0 Å². The zero-order valence-electron chi connectivity index (χ0n) is 19.6. The highest BCUT2D eigenvalue weighted by atomic mass is 16.5. The monoisotopic (exact) mass is 430 g/mol. The maximum absolute atomic E-state index is 13.9. The van der Waals surface area contributed by atoms with E-state index in [9.17, 15) is 14.4 Å². The van der Waals surface area contributed by atoms with E-state index >= 15 is 0 Å². The minimum atomic E-state index is -1.40. The van der Waals surface area contributed by atoms with Crippen molar-refractivity contribution >= 4 is 17.7 Å². The molecule has 0 aromatic rings. The van der Waals surface area contributed by atoms with E-state index in [0.717, 1.165) is 18.4 Å². The van der Waals surface area contributed by atoms with Gasteiger partial charge >= 0.3 is 11.9 Å². The normalized spacial score (nSPS) is 35.2. The number of hydrogen-bond acceptors (Lipinski definition) is 6. The third-order valence-electron chi connectivity index (χ3n) is 7.49. The average Bonchev–Trinajstić information content (AvgIpc) is 2.97. The molecule has 0 amide bonds. The minimum Gasteiger partial charge on any atom is -0.432 e. The molecule has 0 radical (unpaired) electrons. The number of methoxy groups -OCH3 is 1. The molecule has 5 atom stereocenters. The van der Waals surface area contributed by atoms with E-state index in [-0.39, 0.29) is 23.0 Å². The van der Waals surface area contributed by atoms with Crippen molar-refractivity contribution in [3.63, 3.8) is 0 Å². The number of carbonyl (C=O) groups excluding carboxylic acids is 3. The molecule has 2 fully saturated rings. The summed E-state index contributed by atoms with van der Waals surface area (Å²) in [5, 5.41) is 0. The summed E-state index contributed by atoms with van der Waals surface area (Å²) in [7, 11) is 1.66. The number of fused-ring (bicyclic) bond motifs is 2. The molecule has 0 unspecified atom stereocenters. The second-order valence-electron chi connectivity index (χ2n) is 10.3. The Balaban J connectivity index is 2.03. The van der Waals surface area contributed by atoms with Crippen LogP contribution in [0.15, 0.2) is 35.8 Å². The second kappa shape index (κ2) is 8.05. The first-order valence-electron chi connectivity index (χ1n) is 10.9. The van der Waals surface area contributed by atoms with Crippen LogP contribution in [0.1, 0.15) is 60.8 Å². The van der Waals surface area contributed by atoms with Crippen molar-refractivity contribution in [3.05, 3.63) is 35.8 Å². The summed E-state index contributed by atoms with van der Waals surface area (Å²) in [4.78, 5) is 39.0. The fourth-order valence-electron chi connectivity index (χ4n) is 5.85. The number of hydrogen-bond donors (Lipinski definition) is 0. The molecule has 170 valence electrons. The van der Waals surface area contributed by atoms with Crippen molar-refractivity contribution in [1.29, 1.82) is 0 Å². The summed E-state index contributed by atoms with van der Waals surface area (Å²) in [6.07, 6.45) is 8.42. The van der Waals surface area contributed by atoms with Crippen molar-refractivity contribution in [2.24, 2.45) is 28.6 Å². The summed E-state index contributed by atoms with van der Waals surface area (Å²) in [6, 6.07) is 0. The highest BCUT2D eigenvalue weighted by molar-refractivity contribution is 6.10.